The molecule has 4 aromatic rings. The molecule has 1 aromatic heterocycles. The van der Waals surface area contributed by atoms with E-state index in [0.717, 1.165) is 15.2 Å². The van der Waals surface area contributed by atoms with Crippen molar-refractivity contribution >= 4 is 72.0 Å². The van der Waals surface area contributed by atoms with Gasteiger partial charge in [-0.3, -0.25) is 14.2 Å². The molecule has 41 heavy (non-hydrogen) atoms. The summed E-state index contributed by atoms with van der Waals surface area (Å²) in [5.74, 6) is -0.256. The number of carbonyl (C=O) groups is 2. The van der Waals surface area contributed by atoms with Crippen LogP contribution in [-0.4, -0.2) is 30.2 Å². The smallest absolute Gasteiger partial charge is 0.338 e. The summed E-state index contributed by atoms with van der Waals surface area (Å²) in [7, 11) is 1.56. The standard InChI is InChI=1S/C30H24Br2N2O6S/c1-5-39-29(37)24-15(2)33-30-34(26(24)25-20-9-7-6-8-17(20)10-11-22(25)38-4)28(36)23(41-30)13-18-12-19(31)14-21(32)27(18)40-16(3)35/h6-14,26H,5H2,1-4H3/b23-13-/t26-/m1/s1. The van der Waals surface area contributed by atoms with E-state index in [2.05, 4.69) is 36.9 Å². The summed E-state index contributed by atoms with van der Waals surface area (Å²) in [6, 6.07) is 14.1. The Balaban J connectivity index is 1.85. The van der Waals surface area contributed by atoms with E-state index in [1.165, 1.54) is 22.8 Å². The molecule has 5 rings (SSSR count). The summed E-state index contributed by atoms with van der Waals surface area (Å²) in [6.07, 6.45) is 1.65. The molecule has 3 aromatic carbocycles. The summed E-state index contributed by atoms with van der Waals surface area (Å²) >= 11 is 8.08. The van der Waals surface area contributed by atoms with E-state index >= 15 is 0 Å². The number of rotatable bonds is 6. The van der Waals surface area contributed by atoms with E-state index in [4.69, 9.17) is 14.2 Å². The maximum atomic E-state index is 14.2. The average molecular weight is 700 g/mol. The number of nitrogens with zero attached hydrogens (tertiary/aromatic N) is 2. The Morgan fingerprint density at radius 2 is 1.90 bits per heavy atom. The van der Waals surface area contributed by atoms with Crippen molar-refractivity contribution in [1.29, 1.82) is 0 Å². The van der Waals surface area contributed by atoms with Crippen LogP contribution in [0, 0.1) is 0 Å². The van der Waals surface area contributed by atoms with Crippen LogP contribution in [0.3, 0.4) is 0 Å². The van der Waals surface area contributed by atoms with Gasteiger partial charge in [0.25, 0.3) is 5.56 Å². The van der Waals surface area contributed by atoms with Crippen LogP contribution in [0.5, 0.6) is 11.5 Å². The van der Waals surface area contributed by atoms with E-state index in [0.29, 0.717) is 36.4 Å². The van der Waals surface area contributed by atoms with Gasteiger partial charge in [0.1, 0.15) is 11.8 Å². The number of esters is 2. The lowest BCUT2D eigenvalue weighted by molar-refractivity contribution is -0.139. The molecule has 0 radical (unpaired) electrons. The second-order valence-electron chi connectivity index (χ2n) is 9.10. The first-order chi connectivity index (χ1) is 19.6. The molecule has 8 nitrogen and oxygen atoms in total. The lowest BCUT2D eigenvalue weighted by Gasteiger charge is -2.27. The molecule has 1 atom stereocenters. The number of aromatic nitrogens is 1. The van der Waals surface area contributed by atoms with Gasteiger partial charge in [0.15, 0.2) is 10.6 Å². The van der Waals surface area contributed by atoms with Gasteiger partial charge in [0.2, 0.25) is 0 Å². The number of benzene rings is 3. The number of thiazole rings is 1. The molecule has 1 aliphatic rings. The highest BCUT2D eigenvalue weighted by atomic mass is 79.9. The maximum absolute atomic E-state index is 14.2. The fourth-order valence-corrected chi connectivity index (χ4v) is 7.26. The molecule has 1 aliphatic heterocycles. The van der Waals surface area contributed by atoms with Gasteiger partial charge in [-0.25, -0.2) is 9.79 Å². The number of fused-ring (bicyclic) bond motifs is 2. The van der Waals surface area contributed by atoms with Crippen molar-refractivity contribution in [2.45, 2.75) is 26.8 Å². The molecular formula is C30H24Br2N2O6S. The fraction of sp³-hybridized carbons (Fsp3) is 0.200. The van der Waals surface area contributed by atoms with Gasteiger partial charge >= 0.3 is 11.9 Å². The van der Waals surface area contributed by atoms with Crippen LogP contribution in [0.1, 0.15) is 37.9 Å². The monoisotopic (exact) mass is 698 g/mol. The summed E-state index contributed by atoms with van der Waals surface area (Å²) in [5.41, 5.74) is 1.50. The topological polar surface area (TPSA) is 96.2 Å². The van der Waals surface area contributed by atoms with Crippen molar-refractivity contribution in [3.63, 3.8) is 0 Å². The molecule has 210 valence electrons. The third-order valence-electron chi connectivity index (χ3n) is 6.51. The van der Waals surface area contributed by atoms with Crippen LogP contribution in [0.15, 0.2) is 78.5 Å². The Labute approximate surface area is 255 Å². The van der Waals surface area contributed by atoms with Crippen molar-refractivity contribution in [2.24, 2.45) is 4.99 Å². The van der Waals surface area contributed by atoms with Gasteiger partial charge in [0, 0.05) is 22.5 Å². The Kier molecular flexibility index (Phi) is 8.30. The molecule has 0 saturated carbocycles. The Morgan fingerprint density at radius 3 is 2.61 bits per heavy atom. The quantitative estimate of drug-likeness (QED) is 0.197. The first kappa shape index (κ1) is 29.0. The molecule has 0 aliphatic carbocycles. The van der Waals surface area contributed by atoms with Crippen LogP contribution in [-0.2, 0) is 14.3 Å². The third kappa shape index (κ3) is 5.41. The highest BCUT2D eigenvalue weighted by molar-refractivity contribution is 9.11. The van der Waals surface area contributed by atoms with E-state index in [9.17, 15) is 14.4 Å². The van der Waals surface area contributed by atoms with Crippen LogP contribution >= 0.6 is 43.2 Å². The number of halogens is 2. The number of hydrogen-bond donors (Lipinski definition) is 0. The van der Waals surface area contributed by atoms with Gasteiger partial charge in [-0.15, -0.1) is 0 Å². The highest BCUT2D eigenvalue weighted by Gasteiger charge is 2.36. The van der Waals surface area contributed by atoms with Gasteiger partial charge < -0.3 is 14.2 Å². The lowest BCUT2D eigenvalue weighted by Crippen LogP contribution is -2.40. The van der Waals surface area contributed by atoms with Crippen LogP contribution in [0.25, 0.3) is 16.8 Å². The molecule has 0 fully saturated rings. The molecule has 0 bridgehead atoms. The predicted molar refractivity (Wildman–Crippen MR) is 164 cm³/mol. The van der Waals surface area contributed by atoms with E-state index in [-0.39, 0.29) is 23.5 Å². The lowest BCUT2D eigenvalue weighted by atomic mass is 9.90. The minimum Gasteiger partial charge on any atom is -0.496 e. The van der Waals surface area contributed by atoms with Crippen LogP contribution in [0.4, 0.5) is 0 Å². The number of hydrogen-bond acceptors (Lipinski definition) is 8. The average Bonchev–Trinajstić information content (AvgIpc) is 3.23. The molecule has 11 heteroatoms. The maximum Gasteiger partial charge on any atom is 0.338 e. The molecule has 0 unspecified atom stereocenters. The molecule has 0 spiro atoms. The number of allylic oxidation sites excluding steroid dienone is 1. The summed E-state index contributed by atoms with van der Waals surface area (Å²) < 4.78 is 19.8. The molecule has 0 saturated heterocycles. The van der Waals surface area contributed by atoms with Crippen molar-refractivity contribution in [3.05, 3.63) is 99.6 Å². The normalized spacial score (nSPS) is 15.0. The van der Waals surface area contributed by atoms with Crippen molar-refractivity contribution in [2.75, 3.05) is 13.7 Å². The summed E-state index contributed by atoms with van der Waals surface area (Å²) in [4.78, 5) is 44.5. The minimum absolute atomic E-state index is 0.163. The summed E-state index contributed by atoms with van der Waals surface area (Å²) in [5, 5.41) is 1.75. The van der Waals surface area contributed by atoms with E-state index in [1.807, 2.05) is 36.4 Å². The zero-order valence-electron chi connectivity index (χ0n) is 22.5. The molecule has 0 N–H and O–H groups in total. The first-order valence-corrected chi connectivity index (χ1v) is 15.0. The molecular weight excluding hydrogens is 676 g/mol. The first-order valence-electron chi connectivity index (χ1n) is 12.6. The SMILES string of the molecule is CCOC(=O)C1=C(C)N=c2s/c(=C\c3cc(Br)cc(Br)c3OC(C)=O)c(=O)n2[C@H]1c1c(OC)ccc2ccccc12. The minimum atomic E-state index is -0.865. The molecule has 0 amide bonds. The zero-order chi connectivity index (χ0) is 29.4. The number of carbonyl (C=O) groups excluding carboxylic acids is 2. The van der Waals surface area contributed by atoms with Crippen LogP contribution in [0.2, 0.25) is 0 Å². The largest absolute Gasteiger partial charge is 0.496 e. The zero-order valence-corrected chi connectivity index (χ0v) is 26.5. The second kappa shape index (κ2) is 11.8. The second-order valence-corrected chi connectivity index (χ2v) is 11.9. The molecule has 2 heterocycles. The van der Waals surface area contributed by atoms with E-state index in [1.54, 1.807) is 39.2 Å². The van der Waals surface area contributed by atoms with Crippen molar-refractivity contribution < 1.29 is 23.8 Å². The Hall–Kier alpha value is -3.54. The van der Waals surface area contributed by atoms with Gasteiger partial charge in [-0.2, -0.15) is 0 Å². The van der Waals surface area contributed by atoms with Gasteiger partial charge in [-0.1, -0.05) is 57.6 Å². The van der Waals surface area contributed by atoms with Gasteiger partial charge in [0.05, 0.1) is 34.0 Å². The van der Waals surface area contributed by atoms with Crippen molar-refractivity contribution in [3.8, 4) is 11.5 Å². The number of ether oxygens (including phenoxy) is 3. The summed E-state index contributed by atoms with van der Waals surface area (Å²) in [6.45, 7) is 4.94. The Bertz CT molecular complexity index is 1940. The fourth-order valence-electron chi connectivity index (χ4n) is 4.88. The third-order valence-corrected chi connectivity index (χ3v) is 8.54. The van der Waals surface area contributed by atoms with E-state index < -0.39 is 18.0 Å². The highest BCUT2D eigenvalue weighted by Crippen LogP contribution is 2.40. The van der Waals surface area contributed by atoms with Gasteiger partial charge in [-0.05, 0) is 64.8 Å². The number of methoxy groups -OCH3 is 1. The predicted octanol–water partition coefficient (Wildman–Crippen LogP) is 5.41. The Morgan fingerprint density at radius 1 is 1.15 bits per heavy atom. The van der Waals surface area contributed by atoms with Crippen LogP contribution < -0.4 is 24.4 Å². The van der Waals surface area contributed by atoms with Crippen molar-refractivity contribution in [1.82, 2.24) is 4.57 Å².